The van der Waals surface area contributed by atoms with Gasteiger partial charge in [-0.2, -0.15) is 13.2 Å². The van der Waals surface area contributed by atoms with E-state index in [4.69, 9.17) is 16.3 Å². The third kappa shape index (κ3) is 5.26. The van der Waals surface area contributed by atoms with E-state index in [0.717, 1.165) is 23.3 Å². The number of halogens is 4. The van der Waals surface area contributed by atoms with Crippen LogP contribution in [0.15, 0.2) is 72.3 Å². The normalized spacial score (nSPS) is 15.3. The molecule has 0 bridgehead atoms. The number of amides is 4. The second-order valence-electron chi connectivity index (χ2n) is 7.93. The molecule has 3 aromatic carbocycles. The molecular formula is C26H18ClF3N2O4. The maximum Gasteiger partial charge on any atom is 0.416 e. The number of benzene rings is 3. The summed E-state index contributed by atoms with van der Waals surface area (Å²) in [6, 6.07) is 15.3. The van der Waals surface area contributed by atoms with Gasteiger partial charge < -0.3 is 4.74 Å². The van der Waals surface area contributed by atoms with Gasteiger partial charge in [0.2, 0.25) is 0 Å². The van der Waals surface area contributed by atoms with Crippen molar-refractivity contribution in [1.82, 2.24) is 5.32 Å². The number of nitrogens with one attached hydrogen (secondary N) is 1. The van der Waals surface area contributed by atoms with Crippen LogP contribution in [0.1, 0.15) is 22.3 Å². The maximum atomic E-state index is 13.2. The first-order chi connectivity index (χ1) is 17.0. The van der Waals surface area contributed by atoms with E-state index in [1.165, 1.54) is 6.08 Å². The minimum absolute atomic E-state index is 0.213. The molecule has 1 saturated heterocycles. The molecule has 0 aliphatic carbocycles. The number of aryl methyl sites for hydroxylation is 1. The number of barbiturate groups is 1. The van der Waals surface area contributed by atoms with Crippen LogP contribution in [0.3, 0.4) is 0 Å². The molecule has 4 rings (SSSR count). The average molecular weight is 515 g/mol. The molecule has 0 radical (unpaired) electrons. The van der Waals surface area contributed by atoms with Gasteiger partial charge in [0.25, 0.3) is 11.8 Å². The number of hydrogen-bond donors (Lipinski definition) is 1. The molecule has 6 nitrogen and oxygen atoms in total. The van der Waals surface area contributed by atoms with E-state index in [2.05, 4.69) is 0 Å². The minimum Gasteiger partial charge on any atom is -0.488 e. The summed E-state index contributed by atoms with van der Waals surface area (Å²) in [5.41, 5.74) is 0.245. The summed E-state index contributed by atoms with van der Waals surface area (Å²) in [6.45, 7) is 2.17. The largest absolute Gasteiger partial charge is 0.488 e. The van der Waals surface area contributed by atoms with Crippen LogP contribution >= 0.6 is 11.6 Å². The summed E-state index contributed by atoms with van der Waals surface area (Å²) in [6.07, 6.45) is -3.53. The van der Waals surface area contributed by atoms with Crippen LogP contribution in [0.2, 0.25) is 5.02 Å². The van der Waals surface area contributed by atoms with Crippen molar-refractivity contribution in [3.05, 3.63) is 99.6 Å². The lowest BCUT2D eigenvalue weighted by Crippen LogP contribution is -2.54. The molecular weight excluding hydrogens is 497 g/mol. The highest BCUT2D eigenvalue weighted by molar-refractivity contribution is 6.42. The van der Waals surface area contributed by atoms with Crippen LogP contribution in [-0.4, -0.2) is 17.8 Å². The second-order valence-corrected chi connectivity index (χ2v) is 8.34. The molecule has 10 heteroatoms. The number of para-hydroxylation sites is 1. The van der Waals surface area contributed by atoms with E-state index in [-0.39, 0.29) is 11.6 Å². The number of hydrogen-bond acceptors (Lipinski definition) is 4. The Labute approximate surface area is 208 Å². The predicted octanol–water partition coefficient (Wildman–Crippen LogP) is 5.91. The van der Waals surface area contributed by atoms with Crippen molar-refractivity contribution in [2.45, 2.75) is 19.7 Å². The molecule has 4 amide bonds. The average Bonchev–Trinajstić information content (AvgIpc) is 2.82. The summed E-state index contributed by atoms with van der Waals surface area (Å²) in [5.74, 6) is -1.78. The Morgan fingerprint density at radius 3 is 2.39 bits per heavy atom. The lowest BCUT2D eigenvalue weighted by Gasteiger charge is -2.27. The Morgan fingerprint density at radius 2 is 1.69 bits per heavy atom. The molecule has 0 saturated carbocycles. The number of alkyl halides is 3. The fourth-order valence-electron chi connectivity index (χ4n) is 3.47. The first kappa shape index (κ1) is 25.0. The molecule has 0 spiro atoms. The molecule has 3 aromatic rings. The van der Waals surface area contributed by atoms with Crippen molar-refractivity contribution in [2.24, 2.45) is 0 Å². The molecule has 0 aromatic heterocycles. The first-order valence-corrected chi connectivity index (χ1v) is 11.0. The number of rotatable bonds is 5. The smallest absolute Gasteiger partial charge is 0.416 e. The number of nitrogens with zero attached hydrogens (tertiary/aromatic N) is 1. The lowest BCUT2D eigenvalue weighted by molar-refractivity contribution is -0.137. The number of urea groups is 1. The van der Waals surface area contributed by atoms with Gasteiger partial charge in [0.15, 0.2) is 0 Å². The van der Waals surface area contributed by atoms with Crippen molar-refractivity contribution < 1.29 is 32.3 Å². The fraction of sp³-hybridized carbons (Fsp3) is 0.115. The van der Waals surface area contributed by atoms with Gasteiger partial charge in [-0.15, -0.1) is 0 Å². The van der Waals surface area contributed by atoms with Gasteiger partial charge >= 0.3 is 12.2 Å². The molecule has 1 aliphatic heterocycles. The predicted molar refractivity (Wildman–Crippen MR) is 127 cm³/mol. The molecule has 1 heterocycles. The molecule has 184 valence electrons. The zero-order valence-electron chi connectivity index (χ0n) is 18.7. The summed E-state index contributed by atoms with van der Waals surface area (Å²) in [4.78, 5) is 38.6. The lowest BCUT2D eigenvalue weighted by atomic mass is 10.1. The van der Waals surface area contributed by atoms with E-state index in [9.17, 15) is 27.6 Å². The Balaban J connectivity index is 1.68. The summed E-state index contributed by atoms with van der Waals surface area (Å²) in [5, 5.41) is 1.70. The van der Waals surface area contributed by atoms with Crippen LogP contribution in [0, 0.1) is 6.92 Å². The number of ether oxygens (including phenoxy) is 1. The van der Waals surface area contributed by atoms with Gasteiger partial charge in [-0.25, -0.2) is 9.69 Å². The van der Waals surface area contributed by atoms with Crippen molar-refractivity contribution in [1.29, 1.82) is 0 Å². The SMILES string of the molecule is Cc1ccc(COc2ccccc2/C=C2/C(=O)NC(=O)N(c3cc(C(F)(F)F)ccc3Cl)C2=O)cc1. The summed E-state index contributed by atoms with van der Waals surface area (Å²) < 4.78 is 45.5. The highest BCUT2D eigenvalue weighted by Gasteiger charge is 2.39. The fourth-order valence-corrected chi connectivity index (χ4v) is 3.67. The van der Waals surface area contributed by atoms with Crippen LogP contribution in [0.4, 0.5) is 23.7 Å². The Bertz CT molecular complexity index is 1380. The second kappa shape index (κ2) is 9.87. The molecule has 36 heavy (non-hydrogen) atoms. The van der Waals surface area contributed by atoms with Crippen molar-refractivity contribution in [3.63, 3.8) is 0 Å². The van der Waals surface area contributed by atoms with Gasteiger partial charge in [0, 0.05) is 5.56 Å². The van der Waals surface area contributed by atoms with Crippen molar-refractivity contribution in [3.8, 4) is 5.75 Å². The van der Waals surface area contributed by atoms with E-state index < -0.39 is 40.8 Å². The summed E-state index contributed by atoms with van der Waals surface area (Å²) in [7, 11) is 0. The number of imide groups is 2. The van der Waals surface area contributed by atoms with Gasteiger partial charge in [-0.05, 0) is 42.8 Å². The van der Waals surface area contributed by atoms with Crippen LogP contribution < -0.4 is 15.0 Å². The van der Waals surface area contributed by atoms with Crippen molar-refractivity contribution in [2.75, 3.05) is 4.90 Å². The van der Waals surface area contributed by atoms with Gasteiger partial charge in [-0.1, -0.05) is 59.6 Å². The maximum absolute atomic E-state index is 13.2. The Kier molecular flexibility index (Phi) is 6.85. The highest BCUT2D eigenvalue weighted by atomic mass is 35.5. The highest BCUT2D eigenvalue weighted by Crippen LogP contribution is 2.37. The quantitative estimate of drug-likeness (QED) is 0.339. The van der Waals surface area contributed by atoms with Gasteiger partial charge in [0.05, 0.1) is 16.3 Å². The zero-order valence-corrected chi connectivity index (χ0v) is 19.5. The topological polar surface area (TPSA) is 75.7 Å². The molecule has 1 fully saturated rings. The number of carbonyl (C=O) groups excluding carboxylic acids is 3. The molecule has 0 unspecified atom stereocenters. The minimum atomic E-state index is -4.74. The monoisotopic (exact) mass is 514 g/mol. The summed E-state index contributed by atoms with van der Waals surface area (Å²) >= 11 is 6.02. The molecule has 1 N–H and O–H groups in total. The molecule has 1 aliphatic rings. The third-order valence-corrected chi connectivity index (χ3v) is 5.67. The number of carbonyl (C=O) groups is 3. The van der Waals surface area contributed by atoms with Gasteiger partial charge in [0.1, 0.15) is 17.9 Å². The van der Waals surface area contributed by atoms with Crippen molar-refractivity contribution >= 4 is 41.2 Å². The Morgan fingerprint density at radius 1 is 1.00 bits per heavy atom. The number of anilines is 1. The van der Waals surface area contributed by atoms with E-state index in [1.807, 2.05) is 36.5 Å². The van der Waals surface area contributed by atoms with Crippen LogP contribution in [-0.2, 0) is 22.4 Å². The van der Waals surface area contributed by atoms with E-state index in [0.29, 0.717) is 22.3 Å². The first-order valence-electron chi connectivity index (χ1n) is 10.6. The van der Waals surface area contributed by atoms with Gasteiger partial charge in [-0.3, -0.25) is 14.9 Å². The van der Waals surface area contributed by atoms with Crippen LogP contribution in [0.25, 0.3) is 6.08 Å². The van der Waals surface area contributed by atoms with E-state index >= 15 is 0 Å². The standard InChI is InChI=1S/C26H18ClF3N2O4/c1-15-6-8-16(9-7-15)14-36-22-5-3-2-4-17(22)12-19-23(33)31-25(35)32(24(19)34)21-13-18(26(28,29)30)10-11-20(21)27/h2-13H,14H2,1H3,(H,31,33,35)/b19-12-. The molecule has 0 atom stereocenters. The van der Waals surface area contributed by atoms with Crippen LogP contribution in [0.5, 0.6) is 5.75 Å². The third-order valence-electron chi connectivity index (χ3n) is 5.35. The zero-order chi connectivity index (χ0) is 26.0. The Hall–Kier alpha value is -4.11. The van der Waals surface area contributed by atoms with E-state index in [1.54, 1.807) is 24.3 Å².